The normalized spacial score (nSPS) is 12.8. The standard InChI is InChI=1S/C14H10O6S2/c15-21(16,17)13-7-11-5-9-3-1-2-4-10(9)6-12(11)8-14(13)22(18,19)20/h1-8H,(H,15,16,17)(H,18,19,20). The molecule has 0 aliphatic heterocycles. The van der Waals surface area contributed by atoms with Gasteiger partial charge in [-0.05, 0) is 45.8 Å². The first-order valence-electron chi connectivity index (χ1n) is 6.08. The average Bonchev–Trinajstić information content (AvgIpc) is 2.41. The molecule has 3 aromatic carbocycles. The molecule has 8 heteroatoms. The Morgan fingerprint density at radius 1 is 0.591 bits per heavy atom. The third-order valence-corrected chi connectivity index (χ3v) is 5.24. The fourth-order valence-corrected chi connectivity index (χ4v) is 4.16. The van der Waals surface area contributed by atoms with Crippen molar-refractivity contribution in [2.75, 3.05) is 0 Å². The Balaban J connectivity index is 2.51. The van der Waals surface area contributed by atoms with Crippen LogP contribution >= 0.6 is 0 Å². The van der Waals surface area contributed by atoms with Gasteiger partial charge in [0, 0.05) is 0 Å². The van der Waals surface area contributed by atoms with Gasteiger partial charge < -0.3 is 0 Å². The lowest BCUT2D eigenvalue weighted by Crippen LogP contribution is -2.08. The molecule has 0 amide bonds. The smallest absolute Gasteiger partial charge is 0.282 e. The number of hydrogen-bond donors (Lipinski definition) is 2. The van der Waals surface area contributed by atoms with Crippen LogP contribution in [0.25, 0.3) is 21.5 Å². The largest absolute Gasteiger partial charge is 0.295 e. The van der Waals surface area contributed by atoms with Crippen LogP contribution < -0.4 is 0 Å². The first kappa shape index (κ1) is 14.9. The third-order valence-electron chi connectivity index (χ3n) is 3.32. The molecule has 0 heterocycles. The summed E-state index contributed by atoms with van der Waals surface area (Å²) in [7, 11) is -9.60. The van der Waals surface area contributed by atoms with E-state index < -0.39 is 30.0 Å². The quantitative estimate of drug-likeness (QED) is 0.549. The van der Waals surface area contributed by atoms with E-state index in [2.05, 4.69) is 0 Å². The van der Waals surface area contributed by atoms with Gasteiger partial charge in [-0.25, -0.2) is 0 Å². The van der Waals surface area contributed by atoms with Crippen LogP contribution in [0.3, 0.4) is 0 Å². The van der Waals surface area contributed by atoms with E-state index in [0.717, 1.165) is 22.9 Å². The molecule has 0 saturated heterocycles. The van der Waals surface area contributed by atoms with Gasteiger partial charge in [0.25, 0.3) is 20.2 Å². The van der Waals surface area contributed by atoms with Gasteiger partial charge in [0.1, 0.15) is 9.79 Å². The Bertz CT molecular complexity index is 1020. The van der Waals surface area contributed by atoms with Gasteiger partial charge in [-0.1, -0.05) is 24.3 Å². The first-order chi connectivity index (χ1) is 10.2. The molecule has 0 radical (unpaired) electrons. The molecule has 0 fully saturated rings. The fourth-order valence-electron chi connectivity index (χ4n) is 2.35. The summed E-state index contributed by atoms with van der Waals surface area (Å²) in [6, 6.07) is 12.7. The lowest BCUT2D eigenvalue weighted by Gasteiger charge is -2.08. The average molecular weight is 338 g/mol. The van der Waals surface area contributed by atoms with Crippen molar-refractivity contribution in [3.8, 4) is 0 Å². The van der Waals surface area contributed by atoms with Crippen molar-refractivity contribution in [2.45, 2.75) is 9.79 Å². The van der Waals surface area contributed by atoms with E-state index in [1.54, 1.807) is 12.1 Å². The summed E-state index contributed by atoms with van der Waals surface area (Å²) in [4.78, 5) is -1.70. The summed E-state index contributed by atoms with van der Waals surface area (Å²) in [5.74, 6) is 0. The highest BCUT2D eigenvalue weighted by Crippen LogP contribution is 2.30. The minimum atomic E-state index is -4.80. The molecule has 6 nitrogen and oxygen atoms in total. The second kappa shape index (κ2) is 4.75. The molecule has 2 N–H and O–H groups in total. The molecule has 0 atom stereocenters. The van der Waals surface area contributed by atoms with Gasteiger partial charge in [0.05, 0.1) is 0 Å². The summed E-state index contributed by atoms with van der Waals surface area (Å²) in [6.07, 6.45) is 0. The summed E-state index contributed by atoms with van der Waals surface area (Å²) in [5, 5.41) is 2.52. The fraction of sp³-hybridized carbons (Fsp3) is 0. The van der Waals surface area contributed by atoms with E-state index in [4.69, 9.17) is 0 Å². The van der Waals surface area contributed by atoms with Crippen molar-refractivity contribution < 1.29 is 25.9 Å². The number of benzene rings is 3. The van der Waals surface area contributed by atoms with E-state index in [9.17, 15) is 25.9 Å². The van der Waals surface area contributed by atoms with Gasteiger partial charge >= 0.3 is 0 Å². The van der Waals surface area contributed by atoms with Crippen LogP contribution in [0.15, 0.2) is 58.3 Å². The monoisotopic (exact) mass is 338 g/mol. The lowest BCUT2D eigenvalue weighted by atomic mass is 10.0. The van der Waals surface area contributed by atoms with E-state index in [-0.39, 0.29) is 0 Å². The minimum Gasteiger partial charge on any atom is -0.282 e. The maximum absolute atomic E-state index is 11.4. The van der Waals surface area contributed by atoms with Crippen molar-refractivity contribution in [3.63, 3.8) is 0 Å². The van der Waals surface area contributed by atoms with Gasteiger partial charge in [0.15, 0.2) is 0 Å². The molecule has 0 unspecified atom stereocenters. The highest BCUT2D eigenvalue weighted by atomic mass is 32.2. The van der Waals surface area contributed by atoms with Crippen molar-refractivity contribution >= 4 is 41.8 Å². The predicted molar refractivity (Wildman–Crippen MR) is 81.1 cm³/mol. The lowest BCUT2D eigenvalue weighted by molar-refractivity contribution is 0.467. The van der Waals surface area contributed by atoms with E-state index in [1.165, 1.54) is 0 Å². The molecule has 0 bridgehead atoms. The van der Waals surface area contributed by atoms with Crippen LogP contribution in [0.2, 0.25) is 0 Å². The van der Waals surface area contributed by atoms with Crippen molar-refractivity contribution in [1.29, 1.82) is 0 Å². The Morgan fingerprint density at radius 3 is 1.27 bits per heavy atom. The Morgan fingerprint density at radius 2 is 0.955 bits per heavy atom. The summed E-state index contributed by atoms with van der Waals surface area (Å²) in [5.41, 5.74) is 0. The highest BCUT2D eigenvalue weighted by molar-refractivity contribution is 7.89. The van der Waals surface area contributed by atoms with Crippen LogP contribution in [-0.4, -0.2) is 25.9 Å². The summed E-state index contributed by atoms with van der Waals surface area (Å²) < 4.78 is 64.0. The predicted octanol–water partition coefficient (Wildman–Crippen LogP) is 2.49. The molecule has 0 aliphatic carbocycles. The minimum absolute atomic E-state index is 0.429. The van der Waals surface area contributed by atoms with E-state index in [0.29, 0.717) is 10.8 Å². The second-order valence-electron chi connectivity index (χ2n) is 4.80. The Labute approximate surface area is 126 Å². The Hall–Kier alpha value is -2.00. The van der Waals surface area contributed by atoms with Gasteiger partial charge in [0.2, 0.25) is 0 Å². The first-order valence-corrected chi connectivity index (χ1v) is 8.96. The van der Waals surface area contributed by atoms with E-state index >= 15 is 0 Å². The number of fused-ring (bicyclic) bond motifs is 2. The Kier molecular flexibility index (Phi) is 3.22. The van der Waals surface area contributed by atoms with Crippen LogP contribution in [-0.2, 0) is 20.2 Å². The molecular formula is C14H10O6S2. The zero-order valence-electron chi connectivity index (χ0n) is 11.0. The molecule has 0 aromatic heterocycles. The molecule has 0 aliphatic rings. The summed E-state index contributed by atoms with van der Waals surface area (Å²) >= 11 is 0. The molecule has 114 valence electrons. The van der Waals surface area contributed by atoms with Crippen molar-refractivity contribution in [1.82, 2.24) is 0 Å². The van der Waals surface area contributed by atoms with E-state index in [1.807, 2.05) is 24.3 Å². The second-order valence-corrected chi connectivity index (χ2v) is 7.58. The van der Waals surface area contributed by atoms with Crippen LogP contribution in [0.1, 0.15) is 0 Å². The van der Waals surface area contributed by atoms with Gasteiger partial charge in [-0.3, -0.25) is 9.11 Å². The van der Waals surface area contributed by atoms with Crippen LogP contribution in [0, 0.1) is 0 Å². The molecule has 0 saturated carbocycles. The molecule has 3 aromatic rings. The van der Waals surface area contributed by atoms with Crippen molar-refractivity contribution in [2.24, 2.45) is 0 Å². The zero-order valence-corrected chi connectivity index (χ0v) is 12.6. The van der Waals surface area contributed by atoms with Crippen molar-refractivity contribution in [3.05, 3.63) is 48.5 Å². The topological polar surface area (TPSA) is 109 Å². The number of rotatable bonds is 2. The molecular weight excluding hydrogens is 328 g/mol. The SMILES string of the molecule is O=S(=O)(O)c1cc2cc3ccccc3cc2cc1S(=O)(=O)O. The van der Waals surface area contributed by atoms with Crippen LogP contribution in [0.5, 0.6) is 0 Å². The molecule has 0 spiro atoms. The maximum atomic E-state index is 11.4. The molecule has 22 heavy (non-hydrogen) atoms. The highest BCUT2D eigenvalue weighted by Gasteiger charge is 2.24. The van der Waals surface area contributed by atoms with Gasteiger partial charge in [-0.15, -0.1) is 0 Å². The molecule has 3 rings (SSSR count). The third kappa shape index (κ3) is 2.57. The number of hydrogen-bond acceptors (Lipinski definition) is 4. The maximum Gasteiger partial charge on any atom is 0.295 e. The zero-order chi connectivity index (χ0) is 16.1. The van der Waals surface area contributed by atoms with Crippen LogP contribution in [0.4, 0.5) is 0 Å². The van der Waals surface area contributed by atoms with Gasteiger partial charge in [-0.2, -0.15) is 16.8 Å². The summed E-state index contributed by atoms with van der Waals surface area (Å²) in [6.45, 7) is 0.